The largest absolute Gasteiger partial charge is 0.480 e. The van der Waals surface area contributed by atoms with Crippen molar-refractivity contribution in [3.8, 4) is 0 Å². The molecule has 2 rings (SSSR count). The highest BCUT2D eigenvalue weighted by atomic mass is 32.2. The van der Waals surface area contributed by atoms with Crippen LogP contribution < -0.4 is 5.32 Å². The van der Waals surface area contributed by atoms with Crippen LogP contribution in [0.15, 0.2) is 35.2 Å². The number of carbonyl (C=O) groups is 2. The van der Waals surface area contributed by atoms with E-state index in [-0.39, 0.29) is 49.4 Å². The number of hydrogen-bond acceptors (Lipinski definition) is 5. The van der Waals surface area contributed by atoms with E-state index in [4.69, 9.17) is 0 Å². The quantitative estimate of drug-likeness (QED) is 0.666. The maximum atomic E-state index is 12.6. The molecule has 0 radical (unpaired) electrons. The summed E-state index contributed by atoms with van der Waals surface area (Å²) < 4.78 is 26.6. The van der Waals surface area contributed by atoms with Gasteiger partial charge in [0.25, 0.3) is 0 Å². The first-order chi connectivity index (χ1) is 12.8. The highest BCUT2D eigenvalue weighted by molar-refractivity contribution is 7.89. The number of carboxylic acid groups (broad SMARTS) is 1. The lowest BCUT2D eigenvalue weighted by molar-refractivity contribution is -0.141. The van der Waals surface area contributed by atoms with Crippen LogP contribution in [0.25, 0.3) is 0 Å². The van der Waals surface area contributed by atoms with Gasteiger partial charge in [0.15, 0.2) is 0 Å². The Kier molecular flexibility index (Phi) is 7.34. The van der Waals surface area contributed by atoms with Crippen molar-refractivity contribution in [1.82, 2.24) is 14.5 Å². The molecule has 150 valence electrons. The third-order valence-electron chi connectivity index (χ3n) is 4.92. The fraction of sp³-hybridized carbons (Fsp3) is 0.556. The van der Waals surface area contributed by atoms with Gasteiger partial charge in [-0.25, -0.2) is 8.42 Å². The summed E-state index contributed by atoms with van der Waals surface area (Å²) in [7, 11) is -3.56. The second kappa shape index (κ2) is 9.29. The fourth-order valence-corrected chi connectivity index (χ4v) is 4.44. The highest BCUT2D eigenvalue weighted by Crippen LogP contribution is 2.17. The van der Waals surface area contributed by atoms with Crippen LogP contribution in [0, 0.1) is 5.92 Å². The lowest BCUT2D eigenvalue weighted by Gasteiger charge is -2.34. The molecular weight excluding hydrogens is 370 g/mol. The van der Waals surface area contributed by atoms with Crippen molar-refractivity contribution < 1.29 is 23.1 Å². The molecule has 0 unspecified atom stereocenters. The van der Waals surface area contributed by atoms with Crippen molar-refractivity contribution in [2.24, 2.45) is 5.92 Å². The maximum absolute atomic E-state index is 12.6. The number of benzene rings is 1. The molecule has 8 nitrogen and oxygen atoms in total. The van der Waals surface area contributed by atoms with Crippen LogP contribution in [0.4, 0.5) is 0 Å². The van der Waals surface area contributed by atoms with E-state index >= 15 is 0 Å². The number of rotatable bonds is 8. The van der Waals surface area contributed by atoms with Gasteiger partial charge in [0, 0.05) is 26.2 Å². The molecule has 1 aromatic carbocycles. The molecule has 27 heavy (non-hydrogen) atoms. The Morgan fingerprint density at radius 2 is 1.74 bits per heavy atom. The molecule has 9 heteroatoms. The van der Waals surface area contributed by atoms with Gasteiger partial charge in [0.2, 0.25) is 15.9 Å². The standard InChI is InChI=1S/C18H27N3O5S/c1-3-14(2)17(18(23)24)19-13-16(22)20-9-11-21(12-10-20)27(25,26)15-7-5-4-6-8-15/h4-8,14,17,19H,3,9-13H2,1-2H3,(H,23,24)/t14-,17-/m0/s1. The average molecular weight is 397 g/mol. The molecule has 1 aliphatic heterocycles. The van der Waals surface area contributed by atoms with Crippen LogP contribution in [0.3, 0.4) is 0 Å². The number of nitrogens with one attached hydrogen (secondary N) is 1. The second-order valence-electron chi connectivity index (χ2n) is 6.68. The van der Waals surface area contributed by atoms with Crippen LogP contribution in [0.5, 0.6) is 0 Å². The zero-order valence-electron chi connectivity index (χ0n) is 15.7. The zero-order chi connectivity index (χ0) is 20.0. The van der Waals surface area contributed by atoms with Gasteiger partial charge in [0.1, 0.15) is 6.04 Å². The van der Waals surface area contributed by atoms with Gasteiger partial charge in [-0.2, -0.15) is 4.31 Å². The molecule has 0 spiro atoms. The lowest BCUT2D eigenvalue weighted by atomic mass is 9.99. The van der Waals surface area contributed by atoms with Crippen molar-refractivity contribution in [2.45, 2.75) is 31.2 Å². The summed E-state index contributed by atoms with van der Waals surface area (Å²) in [6.45, 7) is 4.65. The molecule has 1 aromatic rings. The van der Waals surface area contributed by atoms with Crippen molar-refractivity contribution in [3.63, 3.8) is 0 Å². The predicted molar refractivity (Wildman–Crippen MR) is 101 cm³/mol. The average Bonchev–Trinajstić information content (AvgIpc) is 2.68. The summed E-state index contributed by atoms with van der Waals surface area (Å²) in [6.07, 6.45) is 0.689. The Hall–Kier alpha value is -1.97. The molecule has 1 amide bonds. The van der Waals surface area contributed by atoms with Crippen LogP contribution in [-0.2, 0) is 19.6 Å². The molecular formula is C18H27N3O5S. The second-order valence-corrected chi connectivity index (χ2v) is 8.62. The third kappa shape index (κ3) is 5.27. The molecule has 0 aliphatic carbocycles. The van der Waals surface area contributed by atoms with Gasteiger partial charge in [-0.3, -0.25) is 14.9 Å². The SMILES string of the molecule is CC[C@H](C)[C@H](NCC(=O)N1CCN(S(=O)(=O)c2ccccc2)CC1)C(=O)O. The van der Waals surface area contributed by atoms with E-state index in [1.54, 1.807) is 35.2 Å². The molecule has 2 atom stereocenters. The maximum Gasteiger partial charge on any atom is 0.320 e. The lowest BCUT2D eigenvalue weighted by Crippen LogP contribution is -2.53. The highest BCUT2D eigenvalue weighted by Gasteiger charge is 2.30. The van der Waals surface area contributed by atoms with Crippen LogP contribution in [0.1, 0.15) is 20.3 Å². The van der Waals surface area contributed by atoms with E-state index < -0.39 is 22.0 Å². The first kappa shape index (κ1) is 21.3. The molecule has 0 bridgehead atoms. The van der Waals surface area contributed by atoms with Crippen LogP contribution in [-0.4, -0.2) is 73.4 Å². The minimum atomic E-state index is -3.56. The Morgan fingerprint density at radius 1 is 1.15 bits per heavy atom. The minimum absolute atomic E-state index is 0.0766. The Morgan fingerprint density at radius 3 is 2.26 bits per heavy atom. The van der Waals surface area contributed by atoms with Gasteiger partial charge >= 0.3 is 5.97 Å². The molecule has 2 N–H and O–H groups in total. The number of piperazine rings is 1. The number of hydrogen-bond donors (Lipinski definition) is 2. The van der Waals surface area contributed by atoms with Gasteiger partial charge in [-0.05, 0) is 18.1 Å². The number of aliphatic carboxylic acids is 1. The van der Waals surface area contributed by atoms with Crippen molar-refractivity contribution in [2.75, 3.05) is 32.7 Å². The summed E-state index contributed by atoms with van der Waals surface area (Å²) in [5.74, 6) is -1.29. The Labute approximate surface area is 160 Å². The Bertz CT molecular complexity index is 746. The number of sulfonamides is 1. The van der Waals surface area contributed by atoms with Crippen molar-refractivity contribution >= 4 is 21.9 Å². The summed E-state index contributed by atoms with van der Waals surface area (Å²) >= 11 is 0. The number of carbonyl (C=O) groups excluding carboxylic acids is 1. The van der Waals surface area contributed by atoms with Crippen LogP contribution in [0.2, 0.25) is 0 Å². The first-order valence-corrected chi connectivity index (χ1v) is 10.5. The molecule has 1 saturated heterocycles. The smallest absolute Gasteiger partial charge is 0.320 e. The predicted octanol–water partition coefficient (Wildman–Crippen LogP) is 0.608. The van der Waals surface area contributed by atoms with Gasteiger partial charge in [-0.1, -0.05) is 38.5 Å². The van der Waals surface area contributed by atoms with Gasteiger partial charge in [0.05, 0.1) is 11.4 Å². The van der Waals surface area contributed by atoms with E-state index in [1.807, 2.05) is 13.8 Å². The molecule has 0 saturated carbocycles. The summed E-state index contributed by atoms with van der Waals surface area (Å²) in [4.78, 5) is 25.5. The van der Waals surface area contributed by atoms with E-state index in [1.165, 1.54) is 4.31 Å². The monoisotopic (exact) mass is 397 g/mol. The van der Waals surface area contributed by atoms with Gasteiger partial charge < -0.3 is 10.0 Å². The number of nitrogens with zero attached hydrogens (tertiary/aromatic N) is 2. The fourth-order valence-electron chi connectivity index (χ4n) is 3.00. The zero-order valence-corrected chi connectivity index (χ0v) is 16.5. The summed E-state index contributed by atoms with van der Waals surface area (Å²) in [5, 5.41) is 12.1. The molecule has 1 fully saturated rings. The van der Waals surface area contributed by atoms with E-state index in [9.17, 15) is 23.1 Å². The summed E-state index contributed by atoms with van der Waals surface area (Å²) in [5.41, 5.74) is 0. The number of carboxylic acids is 1. The molecule has 1 aliphatic rings. The third-order valence-corrected chi connectivity index (χ3v) is 6.84. The van der Waals surface area contributed by atoms with Gasteiger partial charge in [-0.15, -0.1) is 0 Å². The first-order valence-electron chi connectivity index (χ1n) is 9.06. The summed E-state index contributed by atoms with van der Waals surface area (Å²) in [6, 6.07) is 7.43. The molecule has 1 heterocycles. The van der Waals surface area contributed by atoms with Crippen molar-refractivity contribution in [3.05, 3.63) is 30.3 Å². The molecule has 0 aromatic heterocycles. The minimum Gasteiger partial charge on any atom is -0.480 e. The topological polar surface area (TPSA) is 107 Å². The van der Waals surface area contributed by atoms with E-state index in [0.29, 0.717) is 6.42 Å². The van der Waals surface area contributed by atoms with E-state index in [0.717, 1.165) is 0 Å². The van der Waals surface area contributed by atoms with E-state index in [2.05, 4.69) is 5.32 Å². The normalized spacial score (nSPS) is 18.1. The van der Waals surface area contributed by atoms with Crippen molar-refractivity contribution in [1.29, 1.82) is 0 Å². The Balaban J connectivity index is 1.90. The number of amides is 1. The van der Waals surface area contributed by atoms with Crippen LogP contribution >= 0.6 is 0 Å².